The SMILES string of the molecule is Cc1noc(C)c1C1CCCN1CC(=O)O. The molecule has 0 aliphatic carbocycles. The van der Waals surface area contributed by atoms with Crippen molar-refractivity contribution in [2.45, 2.75) is 32.7 Å². The van der Waals surface area contributed by atoms with Crippen LogP contribution in [0.5, 0.6) is 0 Å². The smallest absolute Gasteiger partial charge is 0.317 e. The second kappa shape index (κ2) is 4.25. The monoisotopic (exact) mass is 224 g/mol. The van der Waals surface area contributed by atoms with E-state index in [1.807, 2.05) is 18.7 Å². The normalized spacial score (nSPS) is 21.5. The molecule has 1 aliphatic rings. The van der Waals surface area contributed by atoms with E-state index in [9.17, 15) is 4.79 Å². The van der Waals surface area contributed by atoms with Crippen molar-refractivity contribution in [1.82, 2.24) is 10.1 Å². The standard InChI is InChI=1S/C11H16N2O3/c1-7-11(8(2)16-12-7)9-4-3-5-13(9)6-10(14)15/h9H,3-6H2,1-2H3,(H,14,15). The molecular weight excluding hydrogens is 208 g/mol. The van der Waals surface area contributed by atoms with Crippen LogP contribution in [0.2, 0.25) is 0 Å². The number of likely N-dealkylation sites (tertiary alicyclic amines) is 1. The molecule has 1 atom stereocenters. The highest BCUT2D eigenvalue weighted by Gasteiger charge is 2.31. The quantitative estimate of drug-likeness (QED) is 0.843. The van der Waals surface area contributed by atoms with Crippen LogP contribution < -0.4 is 0 Å². The minimum Gasteiger partial charge on any atom is -0.480 e. The number of hydrogen-bond acceptors (Lipinski definition) is 4. The first-order valence-corrected chi connectivity index (χ1v) is 5.48. The van der Waals surface area contributed by atoms with Gasteiger partial charge in [-0.15, -0.1) is 0 Å². The molecule has 1 unspecified atom stereocenters. The number of carboxylic acids is 1. The fraction of sp³-hybridized carbons (Fsp3) is 0.636. The molecular formula is C11H16N2O3. The van der Waals surface area contributed by atoms with Gasteiger partial charge < -0.3 is 9.63 Å². The van der Waals surface area contributed by atoms with Gasteiger partial charge in [-0.05, 0) is 33.2 Å². The molecule has 16 heavy (non-hydrogen) atoms. The number of aliphatic carboxylic acids is 1. The van der Waals surface area contributed by atoms with E-state index in [4.69, 9.17) is 9.63 Å². The van der Waals surface area contributed by atoms with Gasteiger partial charge in [0.1, 0.15) is 5.76 Å². The van der Waals surface area contributed by atoms with Gasteiger partial charge in [-0.3, -0.25) is 9.69 Å². The first-order chi connectivity index (χ1) is 7.59. The summed E-state index contributed by atoms with van der Waals surface area (Å²) in [7, 11) is 0. The molecule has 2 rings (SSSR count). The van der Waals surface area contributed by atoms with Crippen LogP contribution in [0, 0.1) is 13.8 Å². The van der Waals surface area contributed by atoms with Gasteiger partial charge in [0, 0.05) is 11.6 Å². The zero-order chi connectivity index (χ0) is 11.7. The third-order valence-corrected chi connectivity index (χ3v) is 3.12. The zero-order valence-corrected chi connectivity index (χ0v) is 9.56. The van der Waals surface area contributed by atoms with Gasteiger partial charge in [0.15, 0.2) is 0 Å². The molecule has 0 amide bonds. The predicted molar refractivity (Wildman–Crippen MR) is 57.2 cm³/mol. The molecule has 0 spiro atoms. The van der Waals surface area contributed by atoms with E-state index in [0.717, 1.165) is 36.4 Å². The maximum Gasteiger partial charge on any atom is 0.317 e. The highest BCUT2D eigenvalue weighted by molar-refractivity contribution is 5.69. The van der Waals surface area contributed by atoms with E-state index in [2.05, 4.69) is 5.16 Å². The van der Waals surface area contributed by atoms with Crippen LogP contribution in [0.1, 0.15) is 35.9 Å². The minimum absolute atomic E-state index is 0.0920. The second-order valence-corrected chi connectivity index (χ2v) is 4.26. The molecule has 1 aliphatic heterocycles. The molecule has 1 saturated heterocycles. The third-order valence-electron chi connectivity index (χ3n) is 3.12. The molecule has 5 heteroatoms. The Morgan fingerprint density at radius 1 is 1.62 bits per heavy atom. The molecule has 88 valence electrons. The Balaban J connectivity index is 2.23. The zero-order valence-electron chi connectivity index (χ0n) is 9.56. The van der Waals surface area contributed by atoms with Crippen molar-refractivity contribution in [3.05, 3.63) is 17.0 Å². The average Bonchev–Trinajstić information content (AvgIpc) is 2.74. The maximum absolute atomic E-state index is 10.8. The maximum atomic E-state index is 10.8. The number of carbonyl (C=O) groups is 1. The summed E-state index contributed by atoms with van der Waals surface area (Å²) in [6, 6.07) is 0.155. The predicted octanol–water partition coefficient (Wildman–Crippen LogP) is 1.51. The van der Waals surface area contributed by atoms with Crippen LogP contribution in [0.25, 0.3) is 0 Å². The fourth-order valence-corrected chi connectivity index (χ4v) is 2.48. The van der Waals surface area contributed by atoms with Crippen molar-refractivity contribution >= 4 is 5.97 Å². The largest absolute Gasteiger partial charge is 0.480 e. The summed E-state index contributed by atoms with van der Waals surface area (Å²) in [6.45, 7) is 4.71. The molecule has 1 aromatic rings. The van der Waals surface area contributed by atoms with Crippen LogP contribution in [-0.4, -0.2) is 34.2 Å². The van der Waals surface area contributed by atoms with Crippen molar-refractivity contribution in [3.63, 3.8) is 0 Å². The second-order valence-electron chi connectivity index (χ2n) is 4.26. The van der Waals surface area contributed by atoms with E-state index in [-0.39, 0.29) is 12.6 Å². The van der Waals surface area contributed by atoms with Crippen LogP contribution in [0.15, 0.2) is 4.52 Å². The lowest BCUT2D eigenvalue weighted by atomic mass is 10.0. The summed E-state index contributed by atoms with van der Waals surface area (Å²) >= 11 is 0. The number of carboxylic acid groups (broad SMARTS) is 1. The molecule has 0 bridgehead atoms. The van der Waals surface area contributed by atoms with Crippen LogP contribution in [-0.2, 0) is 4.79 Å². The molecule has 5 nitrogen and oxygen atoms in total. The van der Waals surface area contributed by atoms with Crippen LogP contribution in [0.3, 0.4) is 0 Å². The Morgan fingerprint density at radius 3 is 2.94 bits per heavy atom. The highest BCUT2D eigenvalue weighted by atomic mass is 16.5. The van der Waals surface area contributed by atoms with Crippen molar-refractivity contribution in [3.8, 4) is 0 Å². The number of aromatic nitrogens is 1. The van der Waals surface area contributed by atoms with Gasteiger partial charge >= 0.3 is 5.97 Å². The topological polar surface area (TPSA) is 66.6 Å². The minimum atomic E-state index is -0.779. The van der Waals surface area contributed by atoms with Gasteiger partial charge in [0.25, 0.3) is 0 Å². The molecule has 1 fully saturated rings. The van der Waals surface area contributed by atoms with E-state index in [0.29, 0.717) is 0 Å². The Hall–Kier alpha value is -1.36. The Kier molecular flexibility index (Phi) is 2.96. The lowest BCUT2D eigenvalue weighted by Crippen LogP contribution is -2.29. The number of aryl methyl sites for hydroxylation is 2. The molecule has 2 heterocycles. The fourth-order valence-electron chi connectivity index (χ4n) is 2.48. The molecule has 0 aromatic carbocycles. The first kappa shape index (κ1) is 11.1. The van der Waals surface area contributed by atoms with Crippen LogP contribution >= 0.6 is 0 Å². The molecule has 0 saturated carbocycles. The van der Waals surface area contributed by atoms with Gasteiger partial charge in [-0.25, -0.2) is 0 Å². The van der Waals surface area contributed by atoms with E-state index >= 15 is 0 Å². The first-order valence-electron chi connectivity index (χ1n) is 5.48. The number of rotatable bonds is 3. The van der Waals surface area contributed by atoms with E-state index < -0.39 is 5.97 Å². The number of hydrogen-bond donors (Lipinski definition) is 1. The van der Waals surface area contributed by atoms with Gasteiger partial charge in [0.05, 0.1) is 12.2 Å². The lowest BCUT2D eigenvalue weighted by Gasteiger charge is -2.22. The third kappa shape index (κ3) is 1.95. The van der Waals surface area contributed by atoms with Crippen LogP contribution in [0.4, 0.5) is 0 Å². The van der Waals surface area contributed by atoms with Gasteiger partial charge in [-0.2, -0.15) is 0 Å². The Labute approximate surface area is 94.0 Å². The van der Waals surface area contributed by atoms with Crippen molar-refractivity contribution < 1.29 is 14.4 Å². The summed E-state index contributed by atoms with van der Waals surface area (Å²) in [6.07, 6.45) is 2.01. The summed E-state index contributed by atoms with van der Waals surface area (Å²) in [5.41, 5.74) is 1.94. The Bertz CT molecular complexity index is 380. The summed E-state index contributed by atoms with van der Waals surface area (Å²) < 4.78 is 5.14. The van der Waals surface area contributed by atoms with Gasteiger partial charge in [-0.1, -0.05) is 5.16 Å². The lowest BCUT2D eigenvalue weighted by molar-refractivity contribution is -0.138. The van der Waals surface area contributed by atoms with E-state index in [1.54, 1.807) is 0 Å². The van der Waals surface area contributed by atoms with Gasteiger partial charge in [0.2, 0.25) is 0 Å². The molecule has 0 radical (unpaired) electrons. The summed E-state index contributed by atoms with van der Waals surface area (Å²) in [4.78, 5) is 12.7. The molecule has 1 N–H and O–H groups in total. The highest BCUT2D eigenvalue weighted by Crippen LogP contribution is 2.34. The number of nitrogens with zero attached hydrogens (tertiary/aromatic N) is 2. The summed E-state index contributed by atoms with van der Waals surface area (Å²) in [5, 5.41) is 12.8. The van der Waals surface area contributed by atoms with Crippen molar-refractivity contribution in [1.29, 1.82) is 0 Å². The molecule has 1 aromatic heterocycles. The Morgan fingerprint density at radius 2 is 2.38 bits per heavy atom. The summed E-state index contributed by atoms with van der Waals surface area (Å²) in [5.74, 6) is 0.0263. The van der Waals surface area contributed by atoms with Crippen molar-refractivity contribution in [2.24, 2.45) is 0 Å². The average molecular weight is 224 g/mol. The van der Waals surface area contributed by atoms with E-state index in [1.165, 1.54) is 0 Å². The van der Waals surface area contributed by atoms with Crippen molar-refractivity contribution in [2.75, 3.05) is 13.1 Å².